The molecule has 1 N–H and O–H groups in total. The molecule has 0 unspecified atom stereocenters. The fourth-order valence-electron chi connectivity index (χ4n) is 2.81. The maximum Gasteiger partial charge on any atom is 0.418 e. The zero-order valence-corrected chi connectivity index (χ0v) is 12.8. The monoisotopic (exact) mass is 355 g/mol. The average molecular weight is 355 g/mol. The number of hydrogen-bond acceptors (Lipinski definition) is 6. The second-order valence-electron chi connectivity index (χ2n) is 5.33. The maximum atomic E-state index is 13.2. The molecule has 0 saturated carbocycles. The molecule has 2 heterocycles. The van der Waals surface area contributed by atoms with E-state index in [0.717, 1.165) is 18.2 Å². The minimum atomic E-state index is -4.75. The number of fused-ring (bicyclic) bond motifs is 1. The number of esters is 1. The van der Waals surface area contributed by atoms with Crippen molar-refractivity contribution in [2.75, 3.05) is 11.5 Å². The molecule has 3 rings (SSSR count). The molecule has 7 nitrogen and oxygen atoms in total. The van der Waals surface area contributed by atoms with Crippen molar-refractivity contribution in [3.05, 3.63) is 29.8 Å². The number of carbonyl (C=O) groups is 3. The fourth-order valence-corrected chi connectivity index (χ4v) is 2.81. The van der Waals surface area contributed by atoms with E-state index in [2.05, 4.69) is 10.5 Å². The third kappa shape index (κ3) is 2.63. The van der Waals surface area contributed by atoms with Crippen LogP contribution in [0.3, 0.4) is 0 Å². The van der Waals surface area contributed by atoms with Crippen LogP contribution < -0.4 is 10.3 Å². The van der Waals surface area contributed by atoms with E-state index in [1.165, 1.54) is 6.07 Å². The molecule has 0 aromatic heterocycles. The highest BCUT2D eigenvalue weighted by Crippen LogP contribution is 2.39. The molecule has 1 fully saturated rings. The molecule has 10 heteroatoms. The van der Waals surface area contributed by atoms with Crippen molar-refractivity contribution in [2.24, 2.45) is 11.0 Å². The Hall–Kier alpha value is -2.91. The van der Waals surface area contributed by atoms with Gasteiger partial charge in [-0.3, -0.25) is 15.0 Å². The number of benzene rings is 1. The Morgan fingerprint density at radius 1 is 1.28 bits per heavy atom. The summed E-state index contributed by atoms with van der Waals surface area (Å²) in [5, 5.41) is 3.64. The number of nitrogens with one attached hydrogen (secondary N) is 1. The highest BCUT2D eigenvalue weighted by atomic mass is 19.4. The molecule has 0 aliphatic carbocycles. The van der Waals surface area contributed by atoms with E-state index in [9.17, 15) is 27.6 Å². The zero-order valence-electron chi connectivity index (χ0n) is 12.8. The van der Waals surface area contributed by atoms with Crippen molar-refractivity contribution >= 4 is 29.2 Å². The molecular formula is C15H12F3N3O4. The van der Waals surface area contributed by atoms with Gasteiger partial charge in [0.1, 0.15) is 12.0 Å². The predicted octanol–water partition coefficient (Wildman–Crippen LogP) is 1.09. The highest BCUT2D eigenvalue weighted by molar-refractivity contribution is 6.46. The van der Waals surface area contributed by atoms with Crippen LogP contribution in [0.5, 0.6) is 0 Å². The molecule has 2 atom stereocenters. The molecule has 132 valence electrons. The smallest absolute Gasteiger partial charge is 0.418 e. The van der Waals surface area contributed by atoms with E-state index >= 15 is 0 Å². The van der Waals surface area contributed by atoms with Crippen LogP contribution >= 0.6 is 0 Å². The first-order valence-electron chi connectivity index (χ1n) is 7.31. The Morgan fingerprint density at radius 3 is 2.60 bits per heavy atom. The van der Waals surface area contributed by atoms with Crippen molar-refractivity contribution in [3.8, 4) is 0 Å². The number of hydrazone groups is 1. The lowest BCUT2D eigenvalue weighted by Crippen LogP contribution is -2.37. The van der Waals surface area contributed by atoms with Gasteiger partial charge in [0.05, 0.1) is 17.9 Å². The van der Waals surface area contributed by atoms with Crippen molar-refractivity contribution in [2.45, 2.75) is 19.1 Å². The molecule has 1 saturated heterocycles. The minimum Gasteiger partial charge on any atom is -0.461 e. The summed E-state index contributed by atoms with van der Waals surface area (Å²) in [5.74, 6) is -4.07. The van der Waals surface area contributed by atoms with Gasteiger partial charge in [-0.25, -0.2) is 9.69 Å². The van der Waals surface area contributed by atoms with Gasteiger partial charge in [0.15, 0.2) is 5.71 Å². The summed E-state index contributed by atoms with van der Waals surface area (Å²) >= 11 is 0. The van der Waals surface area contributed by atoms with Crippen molar-refractivity contribution in [1.29, 1.82) is 0 Å². The van der Waals surface area contributed by atoms with Gasteiger partial charge in [-0.1, -0.05) is 12.1 Å². The molecular weight excluding hydrogens is 343 g/mol. The molecule has 1 aromatic carbocycles. The second kappa shape index (κ2) is 5.87. The molecule has 25 heavy (non-hydrogen) atoms. The summed E-state index contributed by atoms with van der Waals surface area (Å²) in [5.41, 5.74) is 0.319. The third-order valence-corrected chi connectivity index (χ3v) is 3.86. The summed E-state index contributed by atoms with van der Waals surface area (Å²) in [7, 11) is 0. The lowest BCUT2D eigenvalue weighted by molar-refractivity contribution is -0.138. The lowest BCUT2D eigenvalue weighted by Gasteiger charge is -2.20. The van der Waals surface area contributed by atoms with Gasteiger partial charge in [-0.15, -0.1) is 0 Å². The molecule has 0 radical (unpaired) electrons. The number of rotatable bonds is 3. The Kier molecular flexibility index (Phi) is 3.97. The van der Waals surface area contributed by atoms with Gasteiger partial charge in [-0.2, -0.15) is 18.3 Å². The van der Waals surface area contributed by atoms with Crippen LogP contribution in [0, 0.1) is 5.92 Å². The Morgan fingerprint density at radius 2 is 1.96 bits per heavy atom. The SMILES string of the molecule is CCOC(=O)C1=NN[C@H]2C(=O)N(c3ccccc3C(F)(F)F)C(=O)[C@@H]12. The van der Waals surface area contributed by atoms with E-state index in [1.54, 1.807) is 6.92 Å². The van der Waals surface area contributed by atoms with E-state index in [0.29, 0.717) is 4.90 Å². The summed E-state index contributed by atoms with van der Waals surface area (Å²) in [4.78, 5) is 37.4. The quantitative estimate of drug-likeness (QED) is 0.648. The highest BCUT2D eigenvalue weighted by Gasteiger charge is 2.56. The van der Waals surface area contributed by atoms with Gasteiger partial charge < -0.3 is 4.74 Å². The maximum absolute atomic E-state index is 13.2. The topological polar surface area (TPSA) is 88.1 Å². The molecule has 2 aliphatic rings. The van der Waals surface area contributed by atoms with Crippen LogP contribution in [0.15, 0.2) is 29.4 Å². The summed E-state index contributed by atoms with van der Waals surface area (Å²) in [6, 6.07) is 3.02. The normalized spacial score (nSPS) is 22.6. The largest absolute Gasteiger partial charge is 0.461 e. The number of ether oxygens (including phenoxy) is 1. The first-order valence-corrected chi connectivity index (χ1v) is 7.31. The predicted molar refractivity (Wildman–Crippen MR) is 78.4 cm³/mol. The molecule has 1 aromatic rings. The Labute approximate surface area is 139 Å². The van der Waals surface area contributed by atoms with Crippen LogP contribution in [0.4, 0.5) is 18.9 Å². The van der Waals surface area contributed by atoms with Gasteiger partial charge in [-0.05, 0) is 19.1 Å². The standard InChI is InChI=1S/C15H12F3N3O4/c1-2-25-14(24)11-9-10(19-20-11)13(23)21(12(9)22)8-6-4-3-5-7(8)15(16,17)18/h3-6,9-10,19H,2H2,1H3/t9-,10-/m1/s1. The summed E-state index contributed by atoms with van der Waals surface area (Å²) in [6.07, 6.45) is -4.75. The average Bonchev–Trinajstić information content (AvgIpc) is 3.08. The first kappa shape index (κ1) is 16.9. The minimum absolute atomic E-state index is 0.0258. The Balaban J connectivity index is 2.00. The number of anilines is 1. The van der Waals surface area contributed by atoms with Crippen molar-refractivity contribution in [1.82, 2.24) is 5.43 Å². The van der Waals surface area contributed by atoms with Crippen LogP contribution in [-0.2, 0) is 25.3 Å². The van der Waals surface area contributed by atoms with E-state index in [4.69, 9.17) is 4.74 Å². The number of carbonyl (C=O) groups excluding carboxylic acids is 3. The molecule has 2 aliphatic heterocycles. The summed E-state index contributed by atoms with van der Waals surface area (Å²) < 4.78 is 44.3. The molecule has 2 amide bonds. The van der Waals surface area contributed by atoms with Crippen molar-refractivity contribution in [3.63, 3.8) is 0 Å². The second-order valence-corrected chi connectivity index (χ2v) is 5.33. The van der Waals surface area contributed by atoms with Crippen molar-refractivity contribution < 1.29 is 32.3 Å². The van der Waals surface area contributed by atoms with E-state index < -0.39 is 47.2 Å². The number of nitrogens with zero attached hydrogens (tertiary/aromatic N) is 2. The number of para-hydroxylation sites is 1. The molecule has 0 bridgehead atoms. The third-order valence-electron chi connectivity index (χ3n) is 3.86. The number of hydrogen-bond donors (Lipinski definition) is 1. The van der Waals surface area contributed by atoms with E-state index in [1.807, 2.05) is 0 Å². The number of alkyl halides is 3. The first-order chi connectivity index (χ1) is 11.8. The van der Waals surface area contributed by atoms with Crippen LogP contribution in [0.1, 0.15) is 12.5 Å². The molecule has 0 spiro atoms. The van der Waals surface area contributed by atoms with Crippen LogP contribution in [-0.4, -0.2) is 36.1 Å². The van der Waals surface area contributed by atoms with Crippen LogP contribution in [0.2, 0.25) is 0 Å². The summed E-state index contributed by atoms with van der Waals surface area (Å²) in [6.45, 7) is 1.57. The van der Waals surface area contributed by atoms with Gasteiger partial charge in [0.2, 0.25) is 5.91 Å². The van der Waals surface area contributed by atoms with Crippen LogP contribution in [0.25, 0.3) is 0 Å². The van der Waals surface area contributed by atoms with Gasteiger partial charge in [0, 0.05) is 0 Å². The number of imide groups is 1. The zero-order chi connectivity index (χ0) is 18.4. The number of amides is 2. The van der Waals surface area contributed by atoms with Gasteiger partial charge >= 0.3 is 12.1 Å². The lowest BCUT2D eigenvalue weighted by atomic mass is 9.99. The number of halogens is 3. The Bertz CT molecular complexity index is 790. The van der Waals surface area contributed by atoms with E-state index in [-0.39, 0.29) is 12.3 Å². The van der Waals surface area contributed by atoms with Gasteiger partial charge in [0.25, 0.3) is 5.91 Å². The fraction of sp³-hybridized carbons (Fsp3) is 0.333.